The number of carbonyl (C=O) groups excluding carboxylic acids is 1. The predicted octanol–water partition coefficient (Wildman–Crippen LogP) is 4.47. The number of primary amides is 1. The fraction of sp³-hybridized carbons (Fsp3) is 0.190. The predicted molar refractivity (Wildman–Crippen MR) is 105 cm³/mol. The van der Waals surface area contributed by atoms with Gasteiger partial charge in [0.05, 0.1) is 18.4 Å². The van der Waals surface area contributed by atoms with E-state index in [-0.39, 0.29) is 0 Å². The maximum absolute atomic E-state index is 11.9. The van der Waals surface area contributed by atoms with Crippen LogP contribution in [0.2, 0.25) is 5.02 Å². The molecule has 0 aliphatic rings. The molecule has 0 fully saturated rings. The molecule has 0 aliphatic heterocycles. The monoisotopic (exact) mass is 368 g/mol. The molecule has 0 bridgehead atoms. The molecule has 0 unspecified atom stereocenters. The van der Waals surface area contributed by atoms with Crippen LogP contribution >= 0.6 is 11.6 Å². The Morgan fingerprint density at radius 3 is 2.62 bits per heavy atom. The van der Waals surface area contributed by atoms with E-state index in [1.165, 1.54) is 0 Å². The lowest BCUT2D eigenvalue weighted by Gasteiger charge is -2.14. The van der Waals surface area contributed by atoms with Crippen molar-refractivity contribution in [2.45, 2.75) is 19.9 Å². The number of methoxy groups -OCH3 is 1. The second kappa shape index (κ2) is 7.67. The summed E-state index contributed by atoms with van der Waals surface area (Å²) >= 11 is 6.09. The highest BCUT2D eigenvalue weighted by atomic mass is 35.5. The number of benzene rings is 2. The zero-order chi connectivity index (χ0) is 18.7. The summed E-state index contributed by atoms with van der Waals surface area (Å²) in [5.41, 5.74) is 9.92. The van der Waals surface area contributed by atoms with Gasteiger partial charge in [-0.05, 0) is 49.2 Å². The van der Waals surface area contributed by atoms with E-state index in [4.69, 9.17) is 22.1 Å². The number of ether oxygens (including phenoxy) is 1. The summed E-state index contributed by atoms with van der Waals surface area (Å²) in [5, 5.41) is 0.717. The number of amides is 1. The summed E-state index contributed by atoms with van der Waals surface area (Å²) < 4.78 is 7.61. The van der Waals surface area contributed by atoms with E-state index in [2.05, 4.69) is 4.57 Å². The van der Waals surface area contributed by atoms with Crippen LogP contribution in [0.5, 0.6) is 5.75 Å². The van der Waals surface area contributed by atoms with Crippen molar-refractivity contribution in [2.24, 2.45) is 5.73 Å². The van der Waals surface area contributed by atoms with Crippen LogP contribution in [-0.4, -0.2) is 17.6 Å². The third kappa shape index (κ3) is 3.60. The van der Waals surface area contributed by atoms with Crippen molar-refractivity contribution in [3.8, 4) is 17.0 Å². The van der Waals surface area contributed by atoms with Gasteiger partial charge in [0.25, 0.3) is 5.91 Å². The molecule has 1 heterocycles. The summed E-state index contributed by atoms with van der Waals surface area (Å²) in [6.45, 7) is 2.61. The van der Waals surface area contributed by atoms with Crippen LogP contribution in [0, 0.1) is 6.92 Å². The maximum atomic E-state index is 11.9. The minimum atomic E-state index is -0.430. The van der Waals surface area contributed by atoms with Crippen LogP contribution in [0.1, 0.15) is 21.6 Å². The Hall–Kier alpha value is -2.72. The standard InChI is InChI=1S/C21H21ClN2O2/c1-14-18(21(23)25)13-19(17-8-3-4-9-20(17)26-2)24(14)11-10-15-6-5-7-16(22)12-15/h3-9,12-13H,10-11H2,1-2H3,(H2,23,25). The van der Waals surface area contributed by atoms with Crippen molar-refractivity contribution < 1.29 is 9.53 Å². The van der Waals surface area contributed by atoms with Crippen LogP contribution in [0.15, 0.2) is 54.6 Å². The zero-order valence-corrected chi connectivity index (χ0v) is 15.6. The number of halogens is 1. The number of rotatable bonds is 6. The number of aryl methyl sites for hydroxylation is 1. The van der Waals surface area contributed by atoms with Gasteiger partial charge >= 0.3 is 0 Å². The molecule has 3 rings (SSSR count). The summed E-state index contributed by atoms with van der Waals surface area (Å²) in [5.74, 6) is 0.324. The number of hydrogen-bond donors (Lipinski definition) is 1. The Bertz CT molecular complexity index is 947. The van der Waals surface area contributed by atoms with Crippen molar-refractivity contribution in [1.82, 2.24) is 4.57 Å². The molecule has 1 aromatic heterocycles. The highest BCUT2D eigenvalue weighted by Gasteiger charge is 2.18. The van der Waals surface area contributed by atoms with E-state index in [9.17, 15) is 4.79 Å². The molecule has 2 N–H and O–H groups in total. The van der Waals surface area contributed by atoms with Crippen LogP contribution in [0.4, 0.5) is 0 Å². The first kappa shape index (κ1) is 18.1. The highest BCUT2D eigenvalue weighted by molar-refractivity contribution is 6.30. The number of nitrogens with two attached hydrogens (primary N) is 1. The molecule has 2 aromatic carbocycles. The summed E-state index contributed by atoms with van der Waals surface area (Å²) in [6, 6.07) is 17.4. The smallest absolute Gasteiger partial charge is 0.250 e. The maximum Gasteiger partial charge on any atom is 0.250 e. The normalized spacial score (nSPS) is 10.7. The van der Waals surface area contributed by atoms with Gasteiger partial charge in [-0.25, -0.2) is 0 Å². The van der Waals surface area contributed by atoms with E-state index in [1.54, 1.807) is 7.11 Å². The Morgan fingerprint density at radius 2 is 1.92 bits per heavy atom. The topological polar surface area (TPSA) is 57.2 Å². The Kier molecular flexibility index (Phi) is 5.33. The SMILES string of the molecule is COc1ccccc1-c1cc(C(N)=O)c(C)n1CCc1cccc(Cl)c1. The van der Waals surface area contributed by atoms with Gasteiger partial charge < -0.3 is 15.0 Å². The first-order valence-electron chi connectivity index (χ1n) is 8.39. The fourth-order valence-corrected chi connectivity index (χ4v) is 3.41. The van der Waals surface area contributed by atoms with E-state index in [0.717, 1.165) is 39.7 Å². The Balaban J connectivity index is 2.04. The summed E-state index contributed by atoms with van der Waals surface area (Å²) in [4.78, 5) is 11.9. The molecule has 0 saturated carbocycles. The van der Waals surface area contributed by atoms with Gasteiger partial charge in [0, 0.05) is 22.8 Å². The summed E-state index contributed by atoms with van der Waals surface area (Å²) in [6.07, 6.45) is 0.788. The lowest BCUT2D eigenvalue weighted by molar-refractivity contribution is 0.0999. The van der Waals surface area contributed by atoms with E-state index in [1.807, 2.05) is 61.5 Å². The molecule has 0 atom stereocenters. The lowest BCUT2D eigenvalue weighted by atomic mass is 10.1. The van der Waals surface area contributed by atoms with E-state index >= 15 is 0 Å². The van der Waals surface area contributed by atoms with Gasteiger partial charge in [-0.15, -0.1) is 0 Å². The van der Waals surface area contributed by atoms with Gasteiger partial charge in [0.15, 0.2) is 0 Å². The second-order valence-corrected chi connectivity index (χ2v) is 6.56. The van der Waals surface area contributed by atoms with Crippen LogP contribution in [0.3, 0.4) is 0 Å². The number of para-hydroxylation sites is 1. The average Bonchev–Trinajstić information content (AvgIpc) is 2.96. The largest absolute Gasteiger partial charge is 0.496 e. The minimum Gasteiger partial charge on any atom is -0.496 e. The molecule has 3 aromatic rings. The number of hydrogen-bond acceptors (Lipinski definition) is 2. The molecule has 134 valence electrons. The van der Waals surface area contributed by atoms with Crippen LogP contribution in [-0.2, 0) is 13.0 Å². The summed E-state index contributed by atoms with van der Waals surface area (Å²) in [7, 11) is 1.64. The second-order valence-electron chi connectivity index (χ2n) is 6.12. The molecule has 1 amide bonds. The van der Waals surface area contributed by atoms with Crippen molar-refractivity contribution in [2.75, 3.05) is 7.11 Å². The molecule has 26 heavy (non-hydrogen) atoms. The molecule has 0 aliphatic carbocycles. The van der Waals surface area contributed by atoms with Crippen LogP contribution in [0.25, 0.3) is 11.3 Å². The van der Waals surface area contributed by atoms with Gasteiger partial charge in [-0.3, -0.25) is 4.79 Å². The highest BCUT2D eigenvalue weighted by Crippen LogP contribution is 2.33. The molecule has 5 heteroatoms. The molecule has 0 spiro atoms. The van der Waals surface area contributed by atoms with Gasteiger partial charge in [-0.2, -0.15) is 0 Å². The van der Waals surface area contributed by atoms with Crippen LogP contribution < -0.4 is 10.5 Å². The number of carbonyl (C=O) groups is 1. The Labute approximate surface area is 158 Å². The fourth-order valence-electron chi connectivity index (χ4n) is 3.20. The number of aromatic nitrogens is 1. The molecular formula is C21H21ClN2O2. The molecule has 0 radical (unpaired) electrons. The molecular weight excluding hydrogens is 348 g/mol. The first-order valence-corrected chi connectivity index (χ1v) is 8.77. The van der Waals surface area contributed by atoms with E-state index < -0.39 is 5.91 Å². The van der Waals surface area contributed by atoms with Crippen molar-refractivity contribution in [3.05, 3.63) is 76.4 Å². The van der Waals surface area contributed by atoms with Gasteiger partial charge in [-0.1, -0.05) is 35.9 Å². The van der Waals surface area contributed by atoms with Gasteiger partial charge in [0.2, 0.25) is 0 Å². The quantitative estimate of drug-likeness (QED) is 0.698. The minimum absolute atomic E-state index is 0.430. The van der Waals surface area contributed by atoms with Gasteiger partial charge in [0.1, 0.15) is 5.75 Å². The lowest BCUT2D eigenvalue weighted by Crippen LogP contribution is -2.13. The van der Waals surface area contributed by atoms with Crippen molar-refractivity contribution >= 4 is 17.5 Å². The van der Waals surface area contributed by atoms with Crippen molar-refractivity contribution in [1.29, 1.82) is 0 Å². The molecule has 4 nitrogen and oxygen atoms in total. The molecule has 0 saturated heterocycles. The number of nitrogens with zero attached hydrogens (tertiary/aromatic N) is 1. The third-order valence-corrected chi connectivity index (χ3v) is 4.76. The first-order chi connectivity index (χ1) is 12.5. The van der Waals surface area contributed by atoms with E-state index in [0.29, 0.717) is 12.1 Å². The third-order valence-electron chi connectivity index (χ3n) is 4.53. The average molecular weight is 369 g/mol. The van der Waals surface area contributed by atoms with Crippen molar-refractivity contribution in [3.63, 3.8) is 0 Å². The Morgan fingerprint density at radius 1 is 1.15 bits per heavy atom. The zero-order valence-electron chi connectivity index (χ0n) is 14.8.